The molecular weight excluding hydrogens is 244 g/mol. The van der Waals surface area contributed by atoms with Crippen LogP contribution in [-0.4, -0.2) is 32.4 Å². The van der Waals surface area contributed by atoms with Gasteiger partial charge < -0.3 is 10.4 Å². The quantitative estimate of drug-likeness (QED) is 0.870. The zero-order valence-electron chi connectivity index (χ0n) is 12.2. The number of aryl methyl sites for hydroxylation is 1. The second-order valence-corrected chi connectivity index (χ2v) is 5.24. The SMILES string of the molecule is CC(=O)O.CC(C)CCc1nc2n(n1)CCN[C@@H]2C. The average molecular weight is 268 g/mol. The summed E-state index contributed by atoms with van der Waals surface area (Å²) in [5.74, 6) is 2.00. The second kappa shape index (κ2) is 7.23. The Hall–Kier alpha value is -1.43. The topological polar surface area (TPSA) is 80.0 Å². The number of carbonyl (C=O) groups is 1. The first-order valence-electron chi connectivity index (χ1n) is 6.76. The van der Waals surface area contributed by atoms with Crippen molar-refractivity contribution in [2.24, 2.45) is 5.92 Å². The Morgan fingerprint density at radius 3 is 2.74 bits per heavy atom. The van der Waals surface area contributed by atoms with E-state index in [2.05, 4.69) is 40.9 Å². The lowest BCUT2D eigenvalue weighted by molar-refractivity contribution is -0.134. The number of nitrogens with zero attached hydrogens (tertiary/aromatic N) is 3. The second-order valence-electron chi connectivity index (χ2n) is 5.24. The first-order chi connectivity index (χ1) is 8.90. The minimum absolute atomic E-state index is 0.346. The lowest BCUT2D eigenvalue weighted by atomic mass is 10.1. The van der Waals surface area contributed by atoms with E-state index < -0.39 is 5.97 Å². The maximum absolute atomic E-state index is 9.00. The van der Waals surface area contributed by atoms with Gasteiger partial charge in [-0.25, -0.2) is 9.67 Å². The third-order valence-electron chi connectivity index (χ3n) is 2.85. The summed E-state index contributed by atoms with van der Waals surface area (Å²) in [5.41, 5.74) is 0. The molecule has 6 nitrogen and oxygen atoms in total. The van der Waals surface area contributed by atoms with E-state index in [9.17, 15) is 0 Å². The Kier molecular flexibility index (Phi) is 5.95. The summed E-state index contributed by atoms with van der Waals surface area (Å²) in [7, 11) is 0. The number of aromatic nitrogens is 3. The van der Waals surface area contributed by atoms with Crippen molar-refractivity contribution < 1.29 is 9.90 Å². The minimum Gasteiger partial charge on any atom is -0.481 e. The molecule has 1 aliphatic heterocycles. The van der Waals surface area contributed by atoms with Gasteiger partial charge in [-0.2, -0.15) is 5.10 Å². The number of hydrogen-bond donors (Lipinski definition) is 2. The highest BCUT2D eigenvalue weighted by atomic mass is 16.4. The van der Waals surface area contributed by atoms with Crippen LogP contribution in [0.3, 0.4) is 0 Å². The van der Waals surface area contributed by atoms with Crippen LogP contribution in [0.2, 0.25) is 0 Å². The molecule has 0 saturated heterocycles. The Morgan fingerprint density at radius 1 is 1.58 bits per heavy atom. The molecule has 1 aromatic heterocycles. The monoisotopic (exact) mass is 268 g/mol. The van der Waals surface area contributed by atoms with Crippen molar-refractivity contribution in [2.45, 2.75) is 53.1 Å². The van der Waals surface area contributed by atoms with Crippen molar-refractivity contribution in [3.05, 3.63) is 11.6 Å². The molecule has 0 aliphatic carbocycles. The molecule has 0 fully saturated rings. The van der Waals surface area contributed by atoms with E-state index in [-0.39, 0.29) is 0 Å². The number of hydrogen-bond acceptors (Lipinski definition) is 4. The standard InChI is InChI=1S/C11H20N4.C2H4O2/c1-8(2)4-5-10-13-11-9(3)12-6-7-15(11)14-10;1-2(3)4/h8-9,12H,4-7H2,1-3H3;1H3,(H,3,4)/t9-;/m1./s1. The lowest BCUT2D eigenvalue weighted by Gasteiger charge is -2.19. The highest BCUT2D eigenvalue weighted by molar-refractivity contribution is 5.62. The molecule has 0 saturated carbocycles. The van der Waals surface area contributed by atoms with Gasteiger partial charge in [-0.05, 0) is 19.3 Å². The molecule has 2 heterocycles. The summed E-state index contributed by atoms with van der Waals surface area (Å²) in [6, 6.07) is 0.346. The first kappa shape index (κ1) is 15.6. The van der Waals surface area contributed by atoms with E-state index >= 15 is 0 Å². The summed E-state index contributed by atoms with van der Waals surface area (Å²) in [6.45, 7) is 9.65. The van der Waals surface area contributed by atoms with E-state index in [4.69, 9.17) is 9.90 Å². The number of nitrogens with one attached hydrogen (secondary N) is 1. The van der Waals surface area contributed by atoms with Gasteiger partial charge in [0.2, 0.25) is 0 Å². The van der Waals surface area contributed by atoms with Crippen LogP contribution in [0.15, 0.2) is 0 Å². The summed E-state index contributed by atoms with van der Waals surface area (Å²) in [4.78, 5) is 13.6. The van der Waals surface area contributed by atoms with E-state index in [1.54, 1.807) is 0 Å². The normalized spacial score (nSPS) is 17.6. The molecular formula is C13H24N4O2. The molecule has 1 aromatic rings. The zero-order valence-corrected chi connectivity index (χ0v) is 12.2. The number of rotatable bonds is 3. The molecule has 0 amide bonds. The summed E-state index contributed by atoms with van der Waals surface area (Å²) < 4.78 is 2.05. The van der Waals surface area contributed by atoms with Gasteiger partial charge in [0.1, 0.15) is 5.82 Å². The van der Waals surface area contributed by atoms with Gasteiger partial charge in [0.05, 0.1) is 12.6 Å². The third kappa shape index (κ3) is 5.38. The Balaban J connectivity index is 0.000000399. The van der Waals surface area contributed by atoms with Crippen LogP contribution in [0.1, 0.15) is 51.8 Å². The molecule has 0 radical (unpaired) electrons. The zero-order chi connectivity index (χ0) is 14.4. The van der Waals surface area contributed by atoms with Gasteiger partial charge in [-0.1, -0.05) is 13.8 Å². The molecule has 2 N–H and O–H groups in total. The van der Waals surface area contributed by atoms with E-state index in [0.717, 1.165) is 44.0 Å². The molecule has 0 bridgehead atoms. The largest absolute Gasteiger partial charge is 0.481 e. The predicted octanol–water partition coefficient (Wildman–Crippen LogP) is 1.62. The number of fused-ring (bicyclic) bond motifs is 1. The molecule has 1 aliphatic rings. The Labute approximate surface area is 114 Å². The van der Waals surface area contributed by atoms with Gasteiger partial charge in [0, 0.05) is 19.9 Å². The summed E-state index contributed by atoms with van der Waals surface area (Å²) >= 11 is 0. The average Bonchev–Trinajstić information content (AvgIpc) is 2.70. The van der Waals surface area contributed by atoms with Crippen molar-refractivity contribution in [3.63, 3.8) is 0 Å². The van der Waals surface area contributed by atoms with Crippen molar-refractivity contribution in [1.29, 1.82) is 0 Å². The van der Waals surface area contributed by atoms with Crippen LogP contribution in [0.25, 0.3) is 0 Å². The van der Waals surface area contributed by atoms with Gasteiger partial charge >= 0.3 is 0 Å². The van der Waals surface area contributed by atoms with Gasteiger partial charge in [-0.15, -0.1) is 0 Å². The lowest BCUT2D eigenvalue weighted by Crippen LogP contribution is -2.32. The van der Waals surface area contributed by atoms with Crippen molar-refractivity contribution in [2.75, 3.05) is 6.54 Å². The van der Waals surface area contributed by atoms with Gasteiger partial charge in [0.25, 0.3) is 5.97 Å². The smallest absolute Gasteiger partial charge is 0.300 e. The van der Waals surface area contributed by atoms with Crippen molar-refractivity contribution in [1.82, 2.24) is 20.1 Å². The van der Waals surface area contributed by atoms with E-state index in [0.29, 0.717) is 6.04 Å². The molecule has 19 heavy (non-hydrogen) atoms. The van der Waals surface area contributed by atoms with Crippen LogP contribution in [0.4, 0.5) is 0 Å². The molecule has 0 aromatic carbocycles. The third-order valence-corrected chi connectivity index (χ3v) is 2.85. The van der Waals surface area contributed by atoms with Gasteiger partial charge in [0.15, 0.2) is 5.82 Å². The molecule has 0 unspecified atom stereocenters. The maximum atomic E-state index is 9.00. The Morgan fingerprint density at radius 2 is 2.21 bits per heavy atom. The fraction of sp³-hybridized carbons (Fsp3) is 0.769. The fourth-order valence-corrected chi connectivity index (χ4v) is 1.89. The first-order valence-corrected chi connectivity index (χ1v) is 6.76. The fourth-order valence-electron chi connectivity index (χ4n) is 1.89. The summed E-state index contributed by atoms with van der Waals surface area (Å²) in [5, 5.41) is 15.3. The molecule has 0 spiro atoms. The molecule has 6 heteroatoms. The number of aliphatic carboxylic acids is 1. The van der Waals surface area contributed by atoms with Crippen LogP contribution in [0, 0.1) is 5.92 Å². The van der Waals surface area contributed by atoms with Crippen LogP contribution < -0.4 is 5.32 Å². The minimum atomic E-state index is -0.833. The van der Waals surface area contributed by atoms with Crippen LogP contribution in [0.5, 0.6) is 0 Å². The van der Waals surface area contributed by atoms with Crippen molar-refractivity contribution >= 4 is 5.97 Å². The molecule has 1 atom stereocenters. The maximum Gasteiger partial charge on any atom is 0.300 e. The van der Waals surface area contributed by atoms with Crippen molar-refractivity contribution in [3.8, 4) is 0 Å². The molecule has 108 valence electrons. The van der Waals surface area contributed by atoms with Crippen LogP contribution >= 0.6 is 0 Å². The van der Waals surface area contributed by atoms with E-state index in [1.165, 1.54) is 6.42 Å². The predicted molar refractivity (Wildman–Crippen MR) is 72.9 cm³/mol. The highest BCUT2D eigenvalue weighted by Crippen LogP contribution is 2.15. The van der Waals surface area contributed by atoms with Gasteiger partial charge in [-0.3, -0.25) is 4.79 Å². The van der Waals surface area contributed by atoms with Crippen LogP contribution in [-0.2, 0) is 17.8 Å². The highest BCUT2D eigenvalue weighted by Gasteiger charge is 2.19. The molecule has 2 rings (SSSR count). The Bertz CT molecular complexity index is 411. The number of carboxylic acids is 1. The van der Waals surface area contributed by atoms with E-state index in [1.807, 2.05) is 0 Å². The summed E-state index contributed by atoms with van der Waals surface area (Å²) in [6.07, 6.45) is 2.18. The number of carboxylic acid groups (broad SMARTS) is 1.